The molecular weight excluding hydrogens is 483 g/mol. The van der Waals surface area contributed by atoms with E-state index >= 15 is 0 Å². The van der Waals surface area contributed by atoms with E-state index < -0.39 is 5.82 Å². The highest BCUT2D eigenvalue weighted by molar-refractivity contribution is 5.94. The van der Waals surface area contributed by atoms with Crippen LogP contribution in [0.15, 0.2) is 72.8 Å². The molecule has 0 aliphatic carbocycles. The summed E-state index contributed by atoms with van der Waals surface area (Å²) in [4.78, 5) is 24.5. The number of H-pyrrole nitrogens is 1. The molecule has 0 spiro atoms. The minimum Gasteiger partial charge on any atom is -0.397 e. The topological polar surface area (TPSA) is 125 Å². The van der Waals surface area contributed by atoms with Crippen LogP contribution >= 0.6 is 0 Å². The first-order valence-electron chi connectivity index (χ1n) is 12.5. The molecule has 6 N–H and O–H groups in total. The van der Waals surface area contributed by atoms with Crippen molar-refractivity contribution in [1.82, 2.24) is 15.5 Å². The van der Waals surface area contributed by atoms with Crippen molar-refractivity contribution < 1.29 is 14.0 Å². The molecule has 1 heterocycles. The molecule has 4 rings (SSSR count). The third-order valence-corrected chi connectivity index (χ3v) is 6.00. The number of hydrogen-bond acceptors (Lipinski definition) is 5. The van der Waals surface area contributed by atoms with Gasteiger partial charge >= 0.3 is 0 Å². The first kappa shape index (κ1) is 26.4. The maximum Gasteiger partial charge on any atom is 0.269 e. The zero-order valence-electron chi connectivity index (χ0n) is 21.2. The number of carbonyl (C=O) groups is 2. The summed E-state index contributed by atoms with van der Waals surface area (Å²) in [6.07, 6.45) is 2.47. The molecule has 0 aliphatic heterocycles. The van der Waals surface area contributed by atoms with Gasteiger partial charge in [-0.05, 0) is 68.3 Å². The quantitative estimate of drug-likeness (QED) is 0.128. The maximum absolute atomic E-state index is 13.1. The number of aromatic nitrogens is 2. The lowest BCUT2D eigenvalue weighted by Crippen LogP contribution is -2.24. The Balaban J connectivity index is 1.16. The van der Waals surface area contributed by atoms with Crippen LogP contribution in [-0.4, -0.2) is 28.6 Å². The standard InChI is InChI=1S/C29H31FN6O2/c1-19-6-11-22(12-7-19)33-23-13-8-20(9-14-23)26-18-27(36-35-26)29(38)32-16-4-2-3-5-28(37)34-25-15-10-21(30)17-24(25)31/h6-15,17-18,33H,2-5,16,31H2,1H3,(H,32,38)(H,34,37)(H,35,36). The number of hydrogen-bond donors (Lipinski definition) is 5. The predicted molar refractivity (Wildman–Crippen MR) is 149 cm³/mol. The fourth-order valence-electron chi connectivity index (χ4n) is 3.86. The summed E-state index contributed by atoms with van der Waals surface area (Å²) < 4.78 is 13.1. The summed E-state index contributed by atoms with van der Waals surface area (Å²) in [6.45, 7) is 2.54. The molecule has 0 atom stereocenters. The number of rotatable bonds is 11. The monoisotopic (exact) mass is 514 g/mol. The Morgan fingerprint density at radius 2 is 1.63 bits per heavy atom. The molecule has 0 fully saturated rings. The van der Waals surface area contributed by atoms with Gasteiger partial charge in [0.15, 0.2) is 0 Å². The molecule has 1 aromatic heterocycles. The number of nitrogens with two attached hydrogens (primary N) is 1. The zero-order valence-corrected chi connectivity index (χ0v) is 21.2. The van der Waals surface area contributed by atoms with Gasteiger partial charge < -0.3 is 21.7 Å². The van der Waals surface area contributed by atoms with Crippen LogP contribution in [0.25, 0.3) is 11.3 Å². The highest BCUT2D eigenvalue weighted by atomic mass is 19.1. The van der Waals surface area contributed by atoms with Crippen LogP contribution in [0.2, 0.25) is 0 Å². The van der Waals surface area contributed by atoms with Crippen LogP contribution in [0.3, 0.4) is 0 Å². The SMILES string of the molecule is Cc1ccc(Nc2ccc(-c3cc(C(=O)NCCCCCC(=O)Nc4ccc(F)cc4N)[nH]n3)cc2)cc1. The number of carbonyl (C=O) groups excluding carboxylic acids is 2. The second-order valence-electron chi connectivity index (χ2n) is 9.08. The minimum atomic E-state index is -0.449. The Morgan fingerprint density at radius 3 is 2.34 bits per heavy atom. The van der Waals surface area contributed by atoms with Gasteiger partial charge in [0.25, 0.3) is 5.91 Å². The molecule has 0 saturated heterocycles. The maximum atomic E-state index is 13.1. The predicted octanol–water partition coefficient (Wildman–Crippen LogP) is 5.78. The number of benzene rings is 3. The van der Waals surface area contributed by atoms with Gasteiger partial charge in [-0.25, -0.2) is 4.39 Å². The molecule has 0 saturated carbocycles. The summed E-state index contributed by atoms with van der Waals surface area (Å²) in [6, 6.07) is 21.6. The van der Waals surface area contributed by atoms with Crippen molar-refractivity contribution in [2.45, 2.75) is 32.6 Å². The van der Waals surface area contributed by atoms with Crippen molar-refractivity contribution in [2.75, 3.05) is 22.9 Å². The van der Waals surface area contributed by atoms with E-state index in [1.54, 1.807) is 6.07 Å². The van der Waals surface area contributed by atoms with Crippen molar-refractivity contribution in [2.24, 2.45) is 0 Å². The molecule has 8 nitrogen and oxygen atoms in total. The molecule has 0 radical (unpaired) electrons. The molecule has 38 heavy (non-hydrogen) atoms. The first-order valence-corrected chi connectivity index (χ1v) is 12.5. The van der Waals surface area contributed by atoms with Crippen molar-refractivity contribution in [3.05, 3.63) is 89.9 Å². The molecule has 0 unspecified atom stereocenters. The van der Waals surface area contributed by atoms with Crippen LogP contribution in [0, 0.1) is 12.7 Å². The fourth-order valence-corrected chi connectivity index (χ4v) is 3.86. The molecule has 0 bridgehead atoms. The average Bonchev–Trinajstić information content (AvgIpc) is 3.40. The molecular formula is C29H31FN6O2. The van der Waals surface area contributed by atoms with Crippen molar-refractivity contribution >= 4 is 34.6 Å². The van der Waals surface area contributed by atoms with E-state index in [1.165, 1.54) is 23.8 Å². The summed E-state index contributed by atoms with van der Waals surface area (Å²) >= 11 is 0. The molecule has 3 aromatic carbocycles. The number of aryl methyl sites for hydroxylation is 1. The fraction of sp³-hybridized carbons (Fsp3) is 0.207. The van der Waals surface area contributed by atoms with Crippen molar-refractivity contribution in [1.29, 1.82) is 0 Å². The van der Waals surface area contributed by atoms with Crippen LogP contribution in [0.5, 0.6) is 0 Å². The van der Waals surface area contributed by atoms with E-state index in [0.717, 1.165) is 29.8 Å². The Kier molecular flexibility index (Phi) is 8.71. The summed E-state index contributed by atoms with van der Waals surface area (Å²) in [5.74, 6) is -0.864. The van der Waals surface area contributed by atoms with Crippen LogP contribution in [0.4, 0.5) is 27.1 Å². The van der Waals surface area contributed by atoms with Crippen molar-refractivity contribution in [3.63, 3.8) is 0 Å². The number of anilines is 4. The largest absolute Gasteiger partial charge is 0.397 e. The first-order chi connectivity index (χ1) is 18.4. The van der Waals surface area contributed by atoms with Crippen molar-refractivity contribution in [3.8, 4) is 11.3 Å². The van der Waals surface area contributed by atoms with Gasteiger partial charge in [-0.2, -0.15) is 5.10 Å². The van der Waals surface area contributed by atoms with E-state index in [0.29, 0.717) is 36.5 Å². The molecule has 4 aromatic rings. The normalized spacial score (nSPS) is 10.7. The van der Waals surface area contributed by atoms with Gasteiger partial charge in [-0.1, -0.05) is 36.2 Å². The Bertz CT molecular complexity index is 1380. The number of nitrogen functional groups attached to an aromatic ring is 1. The summed E-state index contributed by atoms with van der Waals surface area (Å²) in [5.41, 5.74) is 11.5. The number of nitrogens with zero attached hydrogens (tertiary/aromatic N) is 1. The Hall–Kier alpha value is -4.66. The van der Waals surface area contributed by atoms with Gasteiger partial charge in [-0.3, -0.25) is 14.7 Å². The smallest absolute Gasteiger partial charge is 0.269 e. The highest BCUT2D eigenvalue weighted by Gasteiger charge is 2.11. The second kappa shape index (κ2) is 12.5. The molecule has 9 heteroatoms. The number of unbranched alkanes of at least 4 members (excludes halogenated alkanes) is 2. The Labute approximate surface area is 220 Å². The third kappa shape index (κ3) is 7.42. The van der Waals surface area contributed by atoms with Crippen LogP contribution < -0.4 is 21.7 Å². The van der Waals surface area contributed by atoms with E-state index in [-0.39, 0.29) is 17.5 Å². The lowest BCUT2D eigenvalue weighted by Gasteiger charge is -2.08. The Morgan fingerprint density at radius 1 is 0.921 bits per heavy atom. The van der Waals surface area contributed by atoms with Gasteiger partial charge in [0.2, 0.25) is 5.91 Å². The van der Waals surface area contributed by atoms with Crippen LogP contribution in [0.1, 0.15) is 41.7 Å². The summed E-state index contributed by atoms with van der Waals surface area (Å²) in [5, 5.41) is 16.0. The number of amides is 2. The van der Waals surface area contributed by atoms with E-state index in [4.69, 9.17) is 5.73 Å². The van der Waals surface area contributed by atoms with E-state index in [2.05, 4.69) is 45.2 Å². The number of aromatic amines is 1. The lowest BCUT2D eigenvalue weighted by molar-refractivity contribution is -0.116. The van der Waals surface area contributed by atoms with Gasteiger partial charge in [0.05, 0.1) is 17.1 Å². The average molecular weight is 515 g/mol. The van der Waals surface area contributed by atoms with Gasteiger partial charge in [-0.15, -0.1) is 0 Å². The van der Waals surface area contributed by atoms with E-state index in [9.17, 15) is 14.0 Å². The third-order valence-electron chi connectivity index (χ3n) is 6.00. The van der Waals surface area contributed by atoms with Gasteiger partial charge in [0.1, 0.15) is 11.5 Å². The lowest BCUT2D eigenvalue weighted by atomic mass is 10.1. The number of nitrogens with one attached hydrogen (secondary N) is 4. The zero-order chi connectivity index (χ0) is 26.9. The molecule has 2 amide bonds. The minimum absolute atomic E-state index is 0.184. The summed E-state index contributed by atoms with van der Waals surface area (Å²) in [7, 11) is 0. The number of halogens is 1. The second-order valence-corrected chi connectivity index (χ2v) is 9.08. The molecule has 0 aliphatic rings. The molecule has 196 valence electrons. The van der Waals surface area contributed by atoms with Gasteiger partial charge in [0, 0.05) is 29.9 Å². The van der Waals surface area contributed by atoms with Crippen LogP contribution in [-0.2, 0) is 4.79 Å². The highest BCUT2D eigenvalue weighted by Crippen LogP contribution is 2.23. The van der Waals surface area contributed by atoms with E-state index in [1.807, 2.05) is 36.4 Å².